The quantitative estimate of drug-likeness (QED) is 0.908. The van der Waals surface area contributed by atoms with E-state index in [-0.39, 0.29) is 12.6 Å². The zero-order valence-corrected chi connectivity index (χ0v) is 13.4. The van der Waals surface area contributed by atoms with Gasteiger partial charge in [0, 0.05) is 24.8 Å². The highest BCUT2D eigenvalue weighted by atomic mass is 16.4. The third-order valence-corrected chi connectivity index (χ3v) is 4.37. The normalized spacial score (nSPS) is 20.0. The highest BCUT2D eigenvalue weighted by molar-refractivity contribution is 5.94. The van der Waals surface area contributed by atoms with Crippen LogP contribution in [0.2, 0.25) is 0 Å². The molecule has 6 nitrogen and oxygen atoms in total. The number of benzene rings is 1. The molecule has 2 aromatic rings. The predicted molar refractivity (Wildman–Crippen MR) is 90.6 cm³/mol. The molecule has 1 aliphatic heterocycles. The van der Waals surface area contributed by atoms with Crippen molar-refractivity contribution >= 4 is 17.7 Å². The Labute approximate surface area is 140 Å². The number of likely N-dealkylation sites (tertiary alicyclic amines) is 1. The number of carbonyl (C=O) groups is 2. The molecular weight excluding hydrogens is 306 g/mol. The number of carboxylic acid groups (broad SMARTS) is 1. The van der Waals surface area contributed by atoms with Crippen LogP contribution in [0.25, 0.3) is 11.3 Å². The lowest BCUT2D eigenvalue weighted by Gasteiger charge is -2.21. The maximum Gasteiger partial charge on any atom is 0.321 e. The molecule has 1 aromatic heterocycles. The maximum atomic E-state index is 12.5. The van der Waals surface area contributed by atoms with Gasteiger partial charge in [0.2, 0.25) is 0 Å². The fraction of sp³-hybridized carbons (Fsp3) is 0.278. The van der Waals surface area contributed by atoms with E-state index in [1.54, 1.807) is 25.3 Å². The monoisotopic (exact) mass is 325 g/mol. The molecule has 3 rings (SSSR count). The Morgan fingerprint density at radius 3 is 2.62 bits per heavy atom. The Bertz CT molecular complexity index is 763. The van der Waals surface area contributed by atoms with Gasteiger partial charge in [-0.2, -0.15) is 0 Å². The molecule has 2 heterocycles. The number of rotatable bonds is 3. The Hall–Kier alpha value is -2.89. The van der Waals surface area contributed by atoms with E-state index in [2.05, 4.69) is 10.3 Å². The lowest BCUT2D eigenvalue weighted by molar-refractivity contribution is -0.146. The van der Waals surface area contributed by atoms with Crippen LogP contribution >= 0.6 is 0 Å². The van der Waals surface area contributed by atoms with Gasteiger partial charge in [0.25, 0.3) is 0 Å². The van der Waals surface area contributed by atoms with Gasteiger partial charge in [-0.1, -0.05) is 30.3 Å². The SMILES string of the molecule is CC1(C(=O)O)CCN(C(=O)Nc2cccnc2-c2ccccc2)C1. The molecule has 1 atom stereocenters. The number of hydrogen-bond donors (Lipinski definition) is 2. The van der Waals surface area contributed by atoms with E-state index in [0.717, 1.165) is 5.56 Å². The minimum atomic E-state index is -0.880. The van der Waals surface area contributed by atoms with Crippen molar-refractivity contribution in [2.24, 2.45) is 5.41 Å². The van der Waals surface area contributed by atoms with E-state index in [1.807, 2.05) is 30.3 Å². The Kier molecular flexibility index (Phi) is 4.20. The van der Waals surface area contributed by atoms with Crippen molar-refractivity contribution in [2.45, 2.75) is 13.3 Å². The molecule has 1 aliphatic rings. The van der Waals surface area contributed by atoms with E-state index < -0.39 is 11.4 Å². The van der Waals surface area contributed by atoms with Crippen molar-refractivity contribution < 1.29 is 14.7 Å². The topological polar surface area (TPSA) is 82.5 Å². The minimum absolute atomic E-state index is 0.203. The first-order valence-electron chi connectivity index (χ1n) is 7.79. The second-order valence-corrected chi connectivity index (χ2v) is 6.23. The smallest absolute Gasteiger partial charge is 0.321 e. The van der Waals surface area contributed by atoms with Crippen molar-refractivity contribution in [1.82, 2.24) is 9.88 Å². The van der Waals surface area contributed by atoms with E-state index >= 15 is 0 Å². The van der Waals surface area contributed by atoms with E-state index in [0.29, 0.717) is 24.3 Å². The molecule has 1 aromatic carbocycles. The van der Waals surface area contributed by atoms with Crippen LogP contribution < -0.4 is 5.32 Å². The van der Waals surface area contributed by atoms with Crippen LogP contribution in [0.3, 0.4) is 0 Å². The molecule has 0 aliphatic carbocycles. The third kappa shape index (κ3) is 3.08. The summed E-state index contributed by atoms with van der Waals surface area (Å²) in [7, 11) is 0. The third-order valence-electron chi connectivity index (χ3n) is 4.37. The maximum absolute atomic E-state index is 12.5. The zero-order chi connectivity index (χ0) is 17.2. The summed E-state index contributed by atoms with van der Waals surface area (Å²) in [6.07, 6.45) is 2.13. The van der Waals surface area contributed by atoms with Crippen LogP contribution in [-0.2, 0) is 4.79 Å². The first-order chi connectivity index (χ1) is 11.5. The Morgan fingerprint density at radius 2 is 1.96 bits per heavy atom. The number of carboxylic acids is 1. The summed E-state index contributed by atoms with van der Waals surface area (Å²) < 4.78 is 0. The lowest BCUT2D eigenvalue weighted by atomic mass is 9.90. The molecule has 1 fully saturated rings. The molecule has 2 N–H and O–H groups in total. The summed E-state index contributed by atoms with van der Waals surface area (Å²) in [4.78, 5) is 29.7. The van der Waals surface area contributed by atoms with E-state index in [4.69, 9.17) is 0 Å². The molecule has 6 heteroatoms. The highest BCUT2D eigenvalue weighted by Gasteiger charge is 2.42. The predicted octanol–water partition coefficient (Wildman–Crippen LogP) is 3.08. The average Bonchev–Trinajstić information content (AvgIpc) is 3.00. The second-order valence-electron chi connectivity index (χ2n) is 6.23. The Morgan fingerprint density at radius 1 is 1.21 bits per heavy atom. The second kappa shape index (κ2) is 6.31. The molecule has 0 radical (unpaired) electrons. The fourth-order valence-corrected chi connectivity index (χ4v) is 2.84. The van der Waals surface area contributed by atoms with Gasteiger partial charge in [-0.25, -0.2) is 4.79 Å². The number of hydrogen-bond acceptors (Lipinski definition) is 3. The van der Waals surface area contributed by atoms with Gasteiger partial charge in [0.1, 0.15) is 0 Å². The zero-order valence-electron chi connectivity index (χ0n) is 13.4. The minimum Gasteiger partial charge on any atom is -0.481 e. The molecule has 0 spiro atoms. The van der Waals surface area contributed by atoms with E-state index in [1.165, 1.54) is 4.90 Å². The highest BCUT2D eigenvalue weighted by Crippen LogP contribution is 2.31. The van der Waals surface area contributed by atoms with Crippen molar-refractivity contribution in [2.75, 3.05) is 18.4 Å². The van der Waals surface area contributed by atoms with Crippen molar-refractivity contribution in [3.05, 3.63) is 48.7 Å². The number of anilines is 1. The van der Waals surface area contributed by atoms with Gasteiger partial charge in [0.05, 0.1) is 16.8 Å². The van der Waals surface area contributed by atoms with Gasteiger partial charge >= 0.3 is 12.0 Å². The number of aromatic nitrogens is 1. The first-order valence-corrected chi connectivity index (χ1v) is 7.79. The molecule has 1 saturated heterocycles. The summed E-state index contributed by atoms with van der Waals surface area (Å²) in [6.45, 7) is 2.30. The first kappa shape index (κ1) is 16.0. The van der Waals surface area contributed by atoms with Crippen LogP contribution in [0.1, 0.15) is 13.3 Å². The lowest BCUT2D eigenvalue weighted by Crippen LogP contribution is -2.37. The number of pyridine rings is 1. The van der Waals surface area contributed by atoms with Crippen molar-refractivity contribution in [3.63, 3.8) is 0 Å². The molecule has 1 unspecified atom stereocenters. The molecule has 0 bridgehead atoms. The van der Waals surface area contributed by atoms with Gasteiger partial charge in [0.15, 0.2) is 0 Å². The van der Waals surface area contributed by atoms with E-state index in [9.17, 15) is 14.7 Å². The van der Waals surface area contributed by atoms with Gasteiger partial charge in [-0.15, -0.1) is 0 Å². The largest absolute Gasteiger partial charge is 0.481 e. The summed E-state index contributed by atoms with van der Waals surface area (Å²) >= 11 is 0. The molecule has 24 heavy (non-hydrogen) atoms. The van der Waals surface area contributed by atoms with Crippen LogP contribution in [0.15, 0.2) is 48.7 Å². The van der Waals surface area contributed by atoms with Crippen LogP contribution in [-0.4, -0.2) is 40.1 Å². The summed E-state index contributed by atoms with van der Waals surface area (Å²) in [5.74, 6) is -0.871. The number of amides is 2. The van der Waals surface area contributed by atoms with Crippen LogP contribution in [0.5, 0.6) is 0 Å². The van der Waals surface area contributed by atoms with Crippen LogP contribution in [0, 0.1) is 5.41 Å². The number of carbonyl (C=O) groups excluding carboxylic acids is 1. The number of nitrogens with zero attached hydrogens (tertiary/aromatic N) is 2. The Balaban J connectivity index is 1.78. The summed E-state index contributed by atoms with van der Waals surface area (Å²) in [6, 6.07) is 12.8. The van der Waals surface area contributed by atoms with Gasteiger partial charge in [-0.05, 0) is 25.5 Å². The van der Waals surface area contributed by atoms with Gasteiger partial charge < -0.3 is 15.3 Å². The molecular formula is C18H19N3O3. The van der Waals surface area contributed by atoms with Crippen molar-refractivity contribution in [3.8, 4) is 11.3 Å². The molecule has 124 valence electrons. The van der Waals surface area contributed by atoms with Gasteiger partial charge in [-0.3, -0.25) is 9.78 Å². The number of aliphatic carboxylic acids is 1. The van der Waals surface area contributed by atoms with Crippen molar-refractivity contribution in [1.29, 1.82) is 0 Å². The number of nitrogens with one attached hydrogen (secondary N) is 1. The standard InChI is InChI=1S/C18H19N3O3/c1-18(16(22)23)9-11-21(12-18)17(24)20-14-8-5-10-19-15(14)13-6-3-2-4-7-13/h2-8,10H,9,11-12H2,1H3,(H,20,24)(H,22,23). The summed E-state index contributed by atoms with van der Waals surface area (Å²) in [5.41, 5.74) is 1.32. The average molecular weight is 325 g/mol. The molecule has 2 amide bonds. The van der Waals surface area contributed by atoms with Crippen LogP contribution in [0.4, 0.5) is 10.5 Å². The summed E-state index contributed by atoms with van der Waals surface area (Å²) in [5, 5.41) is 12.1. The number of urea groups is 1. The fourth-order valence-electron chi connectivity index (χ4n) is 2.84. The molecule has 0 saturated carbocycles.